The van der Waals surface area contributed by atoms with Crippen LogP contribution in [0.3, 0.4) is 0 Å². The van der Waals surface area contributed by atoms with Crippen LogP contribution < -0.4 is 0 Å². The minimum Gasteiger partial charge on any atom is -0.460 e. The Bertz CT molecular complexity index is 483. The summed E-state index contributed by atoms with van der Waals surface area (Å²) in [5, 5.41) is 0. The van der Waals surface area contributed by atoms with Gasteiger partial charge >= 0.3 is 11.9 Å². The first-order valence-electron chi connectivity index (χ1n) is 13.7. The van der Waals surface area contributed by atoms with Gasteiger partial charge in [0.2, 0.25) is 5.79 Å². The lowest BCUT2D eigenvalue weighted by Crippen LogP contribution is -2.51. The summed E-state index contributed by atoms with van der Waals surface area (Å²) in [4.78, 5) is 23.4. The van der Waals surface area contributed by atoms with Gasteiger partial charge in [-0.05, 0) is 12.8 Å². The smallest absolute Gasteiger partial charge is 0.332 e. The van der Waals surface area contributed by atoms with Crippen molar-refractivity contribution in [2.24, 2.45) is 0 Å². The number of unbranched alkanes of at least 4 members (excludes halogenated alkanes) is 15. The Hall–Kier alpha value is -1.14. The maximum atomic E-state index is 12.1. The van der Waals surface area contributed by atoms with Crippen LogP contribution in [0.4, 0.5) is 0 Å². The minimum absolute atomic E-state index is 0.0399. The molecule has 0 aromatic heterocycles. The first-order chi connectivity index (χ1) is 16.1. The molecule has 194 valence electrons. The molecule has 1 aliphatic rings. The van der Waals surface area contributed by atoms with Crippen LogP contribution in [-0.2, 0) is 28.5 Å². The van der Waals surface area contributed by atoms with Crippen LogP contribution in [0.25, 0.3) is 0 Å². The SMILES string of the molecule is CCCCCCCCCCCCCCCCCC(=O)OCC1(OCCCC)COC(=O)CO1. The Morgan fingerprint density at radius 3 is 1.79 bits per heavy atom. The molecule has 1 heterocycles. The Morgan fingerprint density at radius 2 is 1.30 bits per heavy atom. The highest BCUT2D eigenvalue weighted by Crippen LogP contribution is 2.21. The van der Waals surface area contributed by atoms with E-state index in [-0.39, 0.29) is 25.8 Å². The van der Waals surface area contributed by atoms with Crippen molar-refractivity contribution in [1.29, 1.82) is 0 Å². The predicted octanol–water partition coefficient (Wildman–Crippen LogP) is 6.88. The summed E-state index contributed by atoms with van der Waals surface area (Å²) in [6.07, 6.45) is 21.7. The molecule has 1 fully saturated rings. The highest BCUT2D eigenvalue weighted by atomic mass is 16.8. The predicted molar refractivity (Wildman–Crippen MR) is 131 cm³/mol. The van der Waals surface area contributed by atoms with Crippen LogP contribution >= 0.6 is 0 Å². The lowest BCUT2D eigenvalue weighted by atomic mass is 10.0. The van der Waals surface area contributed by atoms with E-state index >= 15 is 0 Å². The number of esters is 2. The number of hydrogen-bond acceptors (Lipinski definition) is 6. The third-order valence-corrected chi connectivity index (χ3v) is 6.21. The third-order valence-electron chi connectivity index (χ3n) is 6.21. The van der Waals surface area contributed by atoms with Crippen molar-refractivity contribution < 1.29 is 28.5 Å². The topological polar surface area (TPSA) is 71.1 Å². The zero-order valence-electron chi connectivity index (χ0n) is 21.5. The summed E-state index contributed by atoms with van der Waals surface area (Å²) in [5.41, 5.74) is 0. The molecule has 0 saturated carbocycles. The summed E-state index contributed by atoms with van der Waals surface area (Å²) >= 11 is 0. The monoisotopic (exact) mass is 470 g/mol. The number of carbonyl (C=O) groups excluding carboxylic acids is 2. The third kappa shape index (κ3) is 16.2. The Morgan fingerprint density at radius 1 is 0.788 bits per heavy atom. The second-order valence-electron chi connectivity index (χ2n) is 9.42. The van der Waals surface area contributed by atoms with E-state index in [4.69, 9.17) is 18.9 Å². The van der Waals surface area contributed by atoms with Crippen molar-refractivity contribution in [3.63, 3.8) is 0 Å². The average Bonchev–Trinajstić information content (AvgIpc) is 2.82. The molecule has 0 radical (unpaired) electrons. The van der Waals surface area contributed by atoms with Crippen LogP contribution in [0.15, 0.2) is 0 Å². The molecule has 0 N–H and O–H groups in total. The standard InChI is InChI=1S/C27H50O6/c1-3-5-7-8-9-10-11-12-13-14-15-16-17-18-19-20-25(28)30-23-27(32-21-6-4-2)24-31-26(29)22-33-27/h3-24H2,1-2H3. The summed E-state index contributed by atoms with van der Waals surface area (Å²) in [6.45, 7) is 4.55. The van der Waals surface area contributed by atoms with Gasteiger partial charge in [-0.3, -0.25) is 4.79 Å². The van der Waals surface area contributed by atoms with E-state index in [1.165, 1.54) is 83.5 Å². The average molecular weight is 471 g/mol. The van der Waals surface area contributed by atoms with Gasteiger partial charge in [-0.2, -0.15) is 0 Å². The molecule has 1 rings (SSSR count). The summed E-state index contributed by atoms with van der Waals surface area (Å²) in [7, 11) is 0. The van der Waals surface area contributed by atoms with Crippen molar-refractivity contribution in [2.45, 2.75) is 135 Å². The number of carbonyl (C=O) groups is 2. The fourth-order valence-electron chi connectivity index (χ4n) is 3.98. The largest absolute Gasteiger partial charge is 0.460 e. The summed E-state index contributed by atoms with van der Waals surface area (Å²) in [5.74, 6) is -1.83. The van der Waals surface area contributed by atoms with Gasteiger partial charge in [0, 0.05) is 6.42 Å². The Kier molecular flexibility index (Phi) is 18.3. The molecule has 1 aliphatic heterocycles. The zero-order chi connectivity index (χ0) is 24.0. The van der Waals surface area contributed by atoms with E-state index in [1.54, 1.807) is 0 Å². The molecule has 1 unspecified atom stereocenters. The molecule has 6 heteroatoms. The van der Waals surface area contributed by atoms with E-state index in [2.05, 4.69) is 13.8 Å². The van der Waals surface area contributed by atoms with E-state index in [9.17, 15) is 9.59 Å². The van der Waals surface area contributed by atoms with Gasteiger partial charge in [0.1, 0.15) is 19.8 Å². The van der Waals surface area contributed by atoms with Gasteiger partial charge in [-0.15, -0.1) is 0 Å². The van der Waals surface area contributed by atoms with Crippen LogP contribution in [0.2, 0.25) is 0 Å². The van der Waals surface area contributed by atoms with Crippen molar-refractivity contribution in [1.82, 2.24) is 0 Å². The van der Waals surface area contributed by atoms with Crippen LogP contribution in [-0.4, -0.2) is 44.2 Å². The van der Waals surface area contributed by atoms with Crippen molar-refractivity contribution in [3.8, 4) is 0 Å². The summed E-state index contributed by atoms with van der Waals surface area (Å²) in [6, 6.07) is 0. The molecule has 0 spiro atoms. The van der Waals surface area contributed by atoms with Gasteiger partial charge in [0.05, 0.1) is 6.61 Å². The highest BCUT2D eigenvalue weighted by Gasteiger charge is 2.40. The van der Waals surface area contributed by atoms with Gasteiger partial charge in [-0.1, -0.05) is 110 Å². The van der Waals surface area contributed by atoms with Crippen LogP contribution in [0, 0.1) is 0 Å². The number of rotatable bonds is 22. The quantitative estimate of drug-likeness (QED) is 0.127. The maximum Gasteiger partial charge on any atom is 0.332 e. The van der Waals surface area contributed by atoms with Crippen LogP contribution in [0.5, 0.6) is 0 Å². The Labute approximate surface area is 202 Å². The normalized spacial score (nSPS) is 18.3. The molecule has 0 aromatic rings. The van der Waals surface area contributed by atoms with E-state index < -0.39 is 11.8 Å². The molecule has 6 nitrogen and oxygen atoms in total. The number of cyclic esters (lactones) is 1. The fourth-order valence-corrected chi connectivity index (χ4v) is 3.98. The van der Waals surface area contributed by atoms with Gasteiger partial charge in [0.15, 0.2) is 0 Å². The molecule has 1 atom stereocenters. The lowest BCUT2D eigenvalue weighted by Gasteiger charge is -2.35. The summed E-state index contributed by atoms with van der Waals surface area (Å²) < 4.78 is 21.8. The fraction of sp³-hybridized carbons (Fsp3) is 0.926. The first kappa shape index (κ1) is 29.9. The van der Waals surface area contributed by atoms with Gasteiger partial charge in [0.25, 0.3) is 0 Å². The molecular formula is C27H50O6. The van der Waals surface area contributed by atoms with Crippen molar-refractivity contribution in [2.75, 3.05) is 26.4 Å². The molecule has 0 aliphatic carbocycles. The molecule has 0 amide bonds. The molecule has 0 bridgehead atoms. The highest BCUT2D eigenvalue weighted by molar-refractivity contribution is 5.71. The number of ether oxygens (including phenoxy) is 4. The first-order valence-corrected chi connectivity index (χ1v) is 13.7. The van der Waals surface area contributed by atoms with Crippen molar-refractivity contribution >= 4 is 11.9 Å². The minimum atomic E-state index is -1.16. The maximum absolute atomic E-state index is 12.1. The number of hydrogen-bond donors (Lipinski definition) is 0. The zero-order valence-corrected chi connectivity index (χ0v) is 21.5. The molecule has 33 heavy (non-hydrogen) atoms. The molecule has 1 saturated heterocycles. The van der Waals surface area contributed by atoms with E-state index in [0.29, 0.717) is 13.0 Å². The van der Waals surface area contributed by atoms with Gasteiger partial charge < -0.3 is 18.9 Å². The molecule has 0 aromatic carbocycles. The van der Waals surface area contributed by atoms with E-state index in [0.717, 1.165) is 25.7 Å². The van der Waals surface area contributed by atoms with E-state index in [1.807, 2.05) is 0 Å². The second-order valence-corrected chi connectivity index (χ2v) is 9.42. The van der Waals surface area contributed by atoms with Crippen LogP contribution in [0.1, 0.15) is 129 Å². The lowest BCUT2D eigenvalue weighted by molar-refractivity contribution is -0.295. The molecular weight excluding hydrogens is 420 g/mol. The Balaban J connectivity index is 1.97. The van der Waals surface area contributed by atoms with Crippen molar-refractivity contribution in [3.05, 3.63) is 0 Å². The van der Waals surface area contributed by atoms with Gasteiger partial charge in [-0.25, -0.2) is 4.79 Å². The second kappa shape index (κ2) is 20.3.